The standard InChI is InChI=1S/C9H6BrClF2N2/c10-3-6-5(1-2-14)4-15-8(7(6)11)9(12)13/h4,9H,1,3H2. The first-order valence-electron chi connectivity index (χ1n) is 3.99. The molecule has 0 radical (unpaired) electrons. The zero-order chi connectivity index (χ0) is 11.4. The van der Waals surface area contributed by atoms with Crippen molar-refractivity contribution in [1.82, 2.24) is 4.98 Å². The van der Waals surface area contributed by atoms with Crippen LogP contribution in [0.3, 0.4) is 0 Å². The molecule has 6 heteroatoms. The van der Waals surface area contributed by atoms with E-state index in [9.17, 15) is 8.78 Å². The van der Waals surface area contributed by atoms with Crippen molar-refractivity contribution in [2.75, 3.05) is 0 Å². The zero-order valence-corrected chi connectivity index (χ0v) is 9.82. The third kappa shape index (κ3) is 2.64. The Morgan fingerprint density at radius 3 is 2.73 bits per heavy atom. The van der Waals surface area contributed by atoms with Gasteiger partial charge in [-0.3, -0.25) is 4.98 Å². The Labute approximate surface area is 99.0 Å². The van der Waals surface area contributed by atoms with E-state index in [-0.39, 0.29) is 11.4 Å². The minimum absolute atomic E-state index is 0.0605. The summed E-state index contributed by atoms with van der Waals surface area (Å²) in [5.41, 5.74) is 0.639. The van der Waals surface area contributed by atoms with Gasteiger partial charge in [0.25, 0.3) is 6.43 Å². The topological polar surface area (TPSA) is 36.7 Å². The SMILES string of the molecule is N#CCc1cnc(C(F)F)c(Cl)c1CBr. The number of hydrogen-bond donors (Lipinski definition) is 0. The van der Waals surface area contributed by atoms with E-state index >= 15 is 0 Å². The van der Waals surface area contributed by atoms with Crippen LogP contribution in [0.25, 0.3) is 0 Å². The number of rotatable bonds is 3. The highest BCUT2D eigenvalue weighted by molar-refractivity contribution is 9.08. The molecule has 0 aromatic carbocycles. The smallest absolute Gasteiger partial charge is 0.253 e. The van der Waals surface area contributed by atoms with Gasteiger partial charge in [0, 0.05) is 11.5 Å². The van der Waals surface area contributed by atoms with Crippen molar-refractivity contribution in [2.24, 2.45) is 0 Å². The normalized spacial score (nSPS) is 10.4. The molecule has 0 atom stereocenters. The minimum Gasteiger partial charge on any atom is -0.253 e. The van der Waals surface area contributed by atoms with E-state index in [0.717, 1.165) is 0 Å². The van der Waals surface area contributed by atoms with Crippen molar-refractivity contribution in [3.63, 3.8) is 0 Å². The third-order valence-corrected chi connectivity index (χ3v) is 2.83. The van der Waals surface area contributed by atoms with Gasteiger partial charge in [-0.25, -0.2) is 8.78 Å². The van der Waals surface area contributed by atoms with Crippen molar-refractivity contribution in [2.45, 2.75) is 18.2 Å². The molecule has 0 N–H and O–H groups in total. The Morgan fingerprint density at radius 1 is 1.60 bits per heavy atom. The lowest BCUT2D eigenvalue weighted by atomic mass is 10.1. The first kappa shape index (κ1) is 12.3. The zero-order valence-electron chi connectivity index (χ0n) is 7.48. The van der Waals surface area contributed by atoms with Gasteiger partial charge in [-0.05, 0) is 11.1 Å². The summed E-state index contributed by atoms with van der Waals surface area (Å²) in [6.07, 6.45) is -1.32. The van der Waals surface area contributed by atoms with Crippen molar-refractivity contribution in [1.29, 1.82) is 5.26 Å². The van der Waals surface area contributed by atoms with Gasteiger partial charge in [0.05, 0.1) is 17.5 Å². The second-order valence-electron chi connectivity index (χ2n) is 2.73. The van der Waals surface area contributed by atoms with E-state index in [2.05, 4.69) is 20.9 Å². The second-order valence-corrected chi connectivity index (χ2v) is 3.67. The number of alkyl halides is 3. The predicted octanol–water partition coefficient (Wildman–Crippen LogP) is 3.63. The molecule has 80 valence electrons. The lowest BCUT2D eigenvalue weighted by molar-refractivity contribution is 0.146. The summed E-state index contributed by atoms with van der Waals surface area (Å²) < 4.78 is 24.9. The van der Waals surface area contributed by atoms with E-state index in [4.69, 9.17) is 16.9 Å². The summed E-state index contributed by atoms with van der Waals surface area (Å²) in [6, 6.07) is 1.93. The Morgan fingerprint density at radius 2 is 2.27 bits per heavy atom. The van der Waals surface area contributed by atoms with E-state index in [1.807, 2.05) is 6.07 Å². The minimum atomic E-state index is -2.70. The quantitative estimate of drug-likeness (QED) is 0.798. The summed E-state index contributed by atoms with van der Waals surface area (Å²) in [6.45, 7) is 0. The van der Waals surface area contributed by atoms with Crippen LogP contribution in [0.15, 0.2) is 6.20 Å². The summed E-state index contributed by atoms with van der Waals surface area (Å²) in [4.78, 5) is 3.55. The van der Waals surface area contributed by atoms with Crippen molar-refractivity contribution < 1.29 is 8.78 Å². The number of halogens is 4. The van der Waals surface area contributed by atoms with Crippen LogP contribution in [0.5, 0.6) is 0 Å². The highest BCUT2D eigenvalue weighted by atomic mass is 79.9. The van der Waals surface area contributed by atoms with E-state index in [1.54, 1.807) is 0 Å². The molecule has 0 aliphatic carbocycles. The molecule has 1 heterocycles. The molecule has 2 nitrogen and oxygen atoms in total. The average Bonchev–Trinajstić information content (AvgIpc) is 2.18. The predicted molar refractivity (Wildman–Crippen MR) is 56.2 cm³/mol. The molecular formula is C9H6BrClF2N2. The maximum atomic E-state index is 12.4. The van der Waals surface area contributed by atoms with Crippen molar-refractivity contribution in [3.8, 4) is 6.07 Å². The van der Waals surface area contributed by atoms with E-state index in [0.29, 0.717) is 16.5 Å². The van der Waals surface area contributed by atoms with Crippen LogP contribution in [-0.4, -0.2) is 4.98 Å². The lowest BCUT2D eigenvalue weighted by Gasteiger charge is -2.09. The summed E-state index contributed by atoms with van der Waals surface area (Å²) >= 11 is 8.91. The highest BCUT2D eigenvalue weighted by Crippen LogP contribution is 2.31. The summed E-state index contributed by atoms with van der Waals surface area (Å²) in [5.74, 6) is 0. The molecule has 0 saturated heterocycles. The fraction of sp³-hybridized carbons (Fsp3) is 0.333. The molecule has 1 aromatic heterocycles. The molecule has 0 bridgehead atoms. The molecule has 0 fully saturated rings. The number of nitriles is 1. The number of hydrogen-bond acceptors (Lipinski definition) is 2. The number of pyridine rings is 1. The lowest BCUT2D eigenvalue weighted by Crippen LogP contribution is -2.00. The van der Waals surface area contributed by atoms with Crippen LogP contribution in [0.2, 0.25) is 5.02 Å². The summed E-state index contributed by atoms with van der Waals surface area (Å²) in [5, 5.41) is 8.79. The van der Waals surface area contributed by atoms with Gasteiger partial charge < -0.3 is 0 Å². The van der Waals surface area contributed by atoms with E-state index in [1.165, 1.54) is 6.20 Å². The van der Waals surface area contributed by atoms with Crippen LogP contribution in [0, 0.1) is 11.3 Å². The van der Waals surface area contributed by atoms with Crippen molar-refractivity contribution >= 4 is 27.5 Å². The Bertz CT molecular complexity index is 404. The summed E-state index contributed by atoms with van der Waals surface area (Å²) in [7, 11) is 0. The Hall–Kier alpha value is -0.730. The van der Waals surface area contributed by atoms with Crippen LogP contribution in [0.4, 0.5) is 8.78 Å². The highest BCUT2D eigenvalue weighted by Gasteiger charge is 2.18. The van der Waals surface area contributed by atoms with Gasteiger partial charge in [0.15, 0.2) is 0 Å². The molecule has 0 aliphatic rings. The van der Waals surface area contributed by atoms with Crippen molar-refractivity contribution in [3.05, 3.63) is 28.0 Å². The third-order valence-electron chi connectivity index (χ3n) is 1.85. The fourth-order valence-electron chi connectivity index (χ4n) is 1.11. The molecule has 1 aromatic rings. The Kier molecular flexibility index (Phi) is 4.43. The van der Waals surface area contributed by atoms with Crippen LogP contribution >= 0.6 is 27.5 Å². The maximum absolute atomic E-state index is 12.4. The fourth-order valence-corrected chi connectivity index (χ4v) is 2.23. The van der Waals surface area contributed by atoms with Gasteiger partial charge in [-0.2, -0.15) is 5.26 Å². The first-order chi connectivity index (χ1) is 7.11. The number of aromatic nitrogens is 1. The van der Waals surface area contributed by atoms with Gasteiger partial charge in [0.2, 0.25) is 0 Å². The maximum Gasteiger partial charge on any atom is 0.281 e. The monoisotopic (exact) mass is 294 g/mol. The number of nitrogens with zero attached hydrogens (tertiary/aromatic N) is 2. The molecule has 0 unspecified atom stereocenters. The average molecular weight is 296 g/mol. The Balaban J connectivity index is 3.27. The van der Waals surface area contributed by atoms with Gasteiger partial charge in [0.1, 0.15) is 5.69 Å². The van der Waals surface area contributed by atoms with Crippen LogP contribution < -0.4 is 0 Å². The molecule has 0 spiro atoms. The van der Waals surface area contributed by atoms with Crippen LogP contribution in [0.1, 0.15) is 23.2 Å². The molecule has 1 rings (SSSR count). The second kappa shape index (κ2) is 5.38. The van der Waals surface area contributed by atoms with Crippen LogP contribution in [-0.2, 0) is 11.8 Å². The van der Waals surface area contributed by atoms with Gasteiger partial charge in [-0.1, -0.05) is 27.5 Å². The largest absolute Gasteiger partial charge is 0.281 e. The van der Waals surface area contributed by atoms with Gasteiger partial charge >= 0.3 is 0 Å². The molecular weight excluding hydrogens is 289 g/mol. The van der Waals surface area contributed by atoms with E-state index < -0.39 is 12.1 Å². The molecule has 15 heavy (non-hydrogen) atoms. The molecule has 0 aliphatic heterocycles. The van der Waals surface area contributed by atoms with Gasteiger partial charge in [-0.15, -0.1) is 0 Å². The first-order valence-corrected chi connectivity index (χ1v) is 5.49. The molecule has 0 saturated carbocycles. The molecule has 0 amide bonds.